The van der Waals surface area contributed by atoms with Crippen LogP contribution >= 0.6 is 0 Å². The predicted octanol–water partition coefficient (Wildman–Crippen LogP) is 1.49. The van der Waals surface area contributed by atoms with E-state index in [4.69, 9.17) is 10.5 Å². The van der Waals surface area contributed by atoms with Crippen molar-refractivity contribution in [3.63, 3.8) is 0 Å². The van der Waals surface area contributed by atoms with Crippen molar-refractivity contribution in [3.8, 4) is 0 Å². The first kappa shape index (κ1) is 12.9. The Morgan fingerprint density at radius 2 is 2.39 bits per heavy atom. The zero-order chi connectivity index (χ0) is 13.0. The van der Waals surface area contributed by atoms with E-state index in [1.54, 1.807) is 0 Å². The summed E-state index contributed by atoms with van der Waals surface area (Å²) in [4.78, 5) is 11.9. The number of ether oxygens (including phenoxy) is 1. The van der Waals surface area contributed by atoms with Gasteiger partial charge in [-0.1, -0.05) is 12.1 Å². The lowest BCUT2D eigenvalue weighted by molar-refractivity contribution is -0.122. The van der Waals surface area contributed by atoms with Crippen molar-refractivity contribution in [2.75, 3.05) is 12.3 Å². The van der Waals surface area contributed by atoms with Gasteiger partial charge < -0.3 is 15.8 Å². The molecule has 3 N–H and O–H groups in total. The van der Waals surface area contributed by atoms with Crippen LogP contribution in [0.15, 0.2) is 24.3 Å². The third-order valence-electron chi connectivity index (χ3n) is 3.17. The first-order chi connectivity index (χ1) is 8.63. The number of rotatable bonds is 3. The van der Waals surface area contributed by atoms with Gasteiger partial charge >= 0.3 is 0 Å². The smallest absolute Gasteiger partial charge is 0.224 e. The molecule has 0 aromatic heterocycles. The number of carbonyl (C=O) groups is 1. The summed E-state index contributed by atoms with van der Waals surface area (Å²) in [7, 11) is 0. The molecule has 1 amide bonds. The van der Waals surface area contributed by atoms with Crippen LogP contribution in [-0.4, -0.2) is 24.7 Å². The van der Waals surface area contributed by atoms with Crippen molar-refractivity contribution >= 4 is 11.6 Å². The van der Waals surface area contributed by atoms with Gasteiger partial charge in [0.1, 0.15) is 0 Å². The number of nitrogens with one attached hydrogen (secondary N) is 1. The van der Waals surface area contributed by atoms with Gasteiger partial charge in [0.15, 0.2) is 0 Å². The van der Waals surface area contributed by atoms with Gasteiger partial charge in [0.05, 0.1) is 12.5 Å². The summed E-state index contributed by atoms with van der Waals surface area (Å²) in [6, 6.07) is 7.69. The van der Waals surface area contributed by atoms with Gasteiger partial charge in [-0.05, 0) is 37.5 Å². The molecule has 0 radical (unpaired) electrons. The van der Waals surface area contributed by atoms with Gasteiger partial charge in [0, 0.05) is 18.3 Å². The Morgan fingerprint density at radius 1 is 1.56 bits per heavy atom. The Bertz CT molecular complexity index is 420. The molecular weight excluding hydrogens is 228 g/mol. The molecule has 1 aromatic rings. The first-order valence-corrected chi connectivity index (χ1v) is 6.39. The zero-order valence-corrected chi connectivity index (χ0v) is 10.7. The minimum atomic E-state index is 0.0553. The van der Waals surface area contributed by atoms with Crippen molar-refractivity contribution in [1.82, 2.24) is 5.32 Å². The van der Waals surface area contributed by atoms with Crippen molar-refractivity contribution in [1.29, 1.82) is 0 Å². The second-order valence-electron chi connectivity index (χ2n) is 4.89. The molecule has 18 heavy (non-hydrogen) atoms. The fraction of sp³-hybridized carbons (Fsp3) is 0.500. The van der Waals surface area contributed by atoms with Gasteiger partial charge in [-0.3, -0.25) is 4.79 Å². The summed E-state index contributed by atoms with van der Waals surface area (Å²) in [5.41, 5.74) is 7.33. The number of hydrogen-bond acceptors (Lipinski definition) is 3. The van der Waals surface area contributed by atoms with Crippen molar-refractivity contribution < 1.29 is 9.53 Å². The van der Waals surface area contributed by atoms with Crippen molar-refractivity contribution in [3.05, 3.63) is 29.8 Å². The lowest BCUT2D eigenvalue weighted by Crippen LogP contribution is -2.41. The maximum Gasteiger partial charge on any atom is 0.224 e. The van der Waals surface area contributed by atoms with Crippen LogP contribution in [0.2, 0.25) is 0 Å². The van der Waals surface area contributed by atoms with Crippen LogP contribution in [0, 0.1) is 0 Å². The normalized spacial score (nSPS) is 23.6. The molecule has 0 aliphatic carbocycles. The van der Waals surface area contributed by atoms with E-state index in [1.807, 2.05) is 31.2 Å². The molecule has 1 aromatic carbocycles. The van der Waals surface area contributed by atoms with Gasteiger partial charge in [-0.25, -0.2) is 0 Å². The van der Waals surface area contributed by atoms with E-state index in [-0.39, 0.29) is 18.1 Å². The third-order valence-corrected chi connectivity index (χ3v) is 3.17. The molecule has 4 nitrogen and oxygen atoms in total. The Kier molecular flexibility index (Phi) is 4.20. The van der Waals surface area contributed by atoms with Gasteiger partial charge in [0.25, 0.3) is 0 Å². The highest BCUT2D eigenvalue weighted by molar-refractivity contribution is 5.79. The lowest BCUT2D eigenvalue weighted by atomic mass is 10.0. The van der Waals surface area contributed by atoms with E-state index in [0.717, 1.165) is 25.0 Å². The summed E-state index contributed by atoms with van der Waals surface area (Å²) >= 11 is 0. The van der Waals surface area contributed by atoms with E-state index in [2.05, 4.69) is 5.32 Å². The highest BCUT2D eigenvalue weighted by Gasteiger charge is 2.20. The van der Waals surface area contributed by atoms with Crippen molar-refractivity contribution in [2.45, 2.75) is 38.3 Å². The average molecular weight is 248 g/mol. The van der Waals surface area contributed by atoms with E-state index in [9.17, 15) is 4.79 Å². The quantitative estimate of drug-likeness (QED) is 0.797. The molecule has 1 aliphatic rings. The highest BCUT2D eigenvalue weighted by atomic mass is 16.5. The number of carbonyl (C=O) groups excluding carboxylic acids is 1. The maximum atomic E-state index is 11.9. The lowest BCUT2D eigenvalue weighted by Gasteiger charge is -2.27. The Hall–Kier alpha value is -1.55. The van der Waals surface area contributed by atoms with Crippen LogP contribution in [0.4, 0.5) is 5.69 Å². The highest BCUT2D eigenvalue weighted by Crippen LogP contribution is 2.13. The monoisotopic (exact) mass is 248 g/mol. The molecule has 2 unspecified atom stereocenters. The Balaban J connectivity index is 1.85. The van der Waals surface area contributed by atoms with Gasteiger partial charge in [-0.2, -0.15) is 0 Å². The molecule has 0 spiro atoms. The van der Waals surface area contributed by atoms with E-state index in [1.165, 1.54) is 0 Å². The zero-order valence-electron chi connectivity index (χ0n) is 10.7. The number of nitrogens with two attached hydrogens (primary N) is 1. The summed E-state index contributed by atoms with van der Waals surface area (Å²) in [5, 5.41) is 3.06. The van der Waals surface area contributed by atoms with E-state index >= 15 is 0 Å². The van der Waals surface area contributed by atoms with Crippen LogP contribution in [0.5, 0.6) is 0 Å². The second kappa shape index (κ2) is 5.87. The molecule has 1 fully saturated rings. The molecule has 2 atom stereocenters. The predicted molar refractivity (Wildman–Crippen MR) is 71.1 cm³/mol. The number of amides is 1. The minimum absolute atomic E-state index is 0.0553. The van der Waals surface area contributed by atoms with Gasteiger partial charge in [0.2, 0.25) is 5.91 Å². The summed E-state index contributed by atoms with van der Waals surface area (Å²) in [6.07, 6.45) is 2.41. The van der Waals surface area contributed by atoms with E-state index < -0.39 is 0 Å². The largest absolute Gasteiger partial charge is 0.399 e. The summed E-state index contributed by atoms with van der Waals surface area (Å²) < 4.78 is 5.46. The topological polar surface area (TPSA) is 64.4 Å². The molecule has 98 valence electrons. The molecule has 0 bridgehead atoms. The Morgan fingerprint density at radius 3 is 3.11 bits per heavy atom. The fourth-order valence-electron chi connectivity index (χ4n) is 2.30. The van der Waals surface area contributed by atoms with E-state index in [0.29, 0.717) is 12.1 Å². The van der Waals surface area contributed by atoms with Crippen molar-refractivity contribution in [2.24, 2.45) is 0 Å². The van der Waals surface area contributed by atoms with Crippen LogP contribution < -0.4 is 11.1 Å². The third kappa shape index (κ3) is 3.74. The molecule has 2 rings (SSSR count). The number of nitrogen functional groups attached to an aromatic ring is 1. The molecule has 4 heteroatoms. The van der Waals surface area contributed by atoms with Crippen LogP contribution in [0.25, 0.3) is 0 Å². The molecule has 1 aliphatic heterocycles. The number of hydrogen-bond donors (Lipinski definition) is 2. The fourth-order valence-corrected chi connectivity index (χ4v) is 2.30. The molecule has 0 saturated carbocycles. The minimum Gasteiger partial charge on any atom is -0.399 e. The molecule has 1 saturated heterocycles. The summed E-state index contributed by atoms with van der Waals surface area (Å²) in [5.74, 6) is 0.0553. The van der Waals surface area contributed by atoms with Crippen LogP contribution in [-0.2, 0) is 16.0 Å². The number of anilines is 1. The SMILES string of the molecule is CC1CC(NC(=O)Cc2cccc(N)c2)CCO1. The second-order valence-corrected chi connectivity index (χ2v) is 4.89. The Labute approximate surface area is 108 Å². The van der Waals surface area contributed by atoms with Crippen LogP contribution in [0.3, 0.4) is 0 Å². The van der Waals surface area contributed by atoms with Gasteiger partial charge in [-0.15, -0.1) is 0 Å². The standard InChI is InChI=1S/C14H20N2O2/c1-10-7-13(5-6-18-10)16-14(17)9-11-3-2-4-12(15)8-11/h2-4,8,10,13H,5-7,9,15H2,1H3,(H,16,17). The summed E-state index contributed by atoms with van der Waals surface area (Å²) in [6.45, 7) is 2.76. The molecule has 1 heterocycles. The maximum absolute atomic E-state index is 11.9. The number of benzene rings is 1. The average Bonchev–Trinajstić information content (AvgIpc) is 2.28. The first-order valence-electron chi connectivity index (χ1n) is 6.39. The molecular formula is C14H20N2O2. The van der Waals surface area contributed by atoms with Crippen LogP contribution in [0.1, 0.15) is 25.3 Å².